The summed E-state index contributed by atoms with van der Waals surface area (Å²) in [5, 5.41) is 0.726. The number of thioether (sulfide) groups is 1. The summed E-state index contributed by atoms with van der Waals surface area (Å²) in [7, 11) is 0. The first-order valence-electron chi connectivity index (χ1n) is 7.58. The predicted octanol–water partition coefficient (Wildman–Crippen LogP) is 4.00. The quantitative estimate of drug-likeness (QED) is 0.928. The fourth-order valence-corrected chi connectivity index (χ4v) is 3.96. The van der Waals surface area contributed by atoms with Gasteiger partial charge in [-0.25, -0.2) is 4.98 Å². The molecule has 2 aromatic rings. The van der Waals surface area contributed by atoms with Gasteiger partial charge in [0.1, 0.15) is 5.82 Å². The number of aromatic amines is 1. The van der Waals surface area contributed by atoms with Crippen LogP contribution in [0.4, 0.5) is 0 Å². The van der Waals surface area contributed by atoms with Gasteiger partial charge < -0.3 is 4.98 Å². The summed E-state index contributed by atoms with van der Waals surface area (Å²) in [5.74, 6) is 1.58. The maximum atomic E-state index is 11.8. The van der Waals surface area contributed by atoms with Crippen molar-refractivity contribution in [2.45, 2.75) is 43.1 Å². The van der Waals surface area contributed by atoms with Crippen molar-refractivity contribution in [3.63, 3.8) is 0 Å². The molecule has 0 atom stereocenters. The standard InChI is InChI=1S/C17H20N2OS/c20-17-11-15(13-7-3-1-4-8-13)18-16(19-17)12-21-14-9-5-2-6-10-14/h1,3-4,7-8,11,14H,2,5-6,9-10,12H2,(H,18,19,20). The van der Waals surface area contributed by atoms with Gasteiger partial charge in [0.2, 0.25) is 0 Å². The first kappa shape index (κ1) is 14.4. The molecule has 0 bridgehead atoms. The number of hydrogen-bond donors (Lipinski definition) is 1. The fraction of sp³-hybridized carbons (Fsp3) is 0.412. The Hall–Kier alpha value is -1.55. The Kier molecular flexibility index (Phi) is 4.76. The molecule has 1 aromatic carbocycles. The normalized spacial score (nSPS) is 16.0. The number of aromatic nitrogens is 2. The highest BCUT2D eigenvalue weighted by molar-refractivity contribution is 7.99. The third-order valence-electron chi connectivity index (χ3n) is 3.87. The number of hydrogen-bond acceptors (Lipinski definition) is 3. The van der Waals surface area contributed by atoms with Gasteiger partial charge in [-0.2, -0.15) is 11.8 Å². The van der Waals surface area contributed by atoms with Crippen LogP contribution in [0.15, 0.2) is 41.2 Å². The van der Waals surface area contributed by atoms with Crippen molar-refractivity contribution in [1.29, 1.82) is 0 Å². The molecule has 1 aliphatic carbocycles. The van der Waals surface area contributed by atoms with Crippen LogP contribution < -0.4 is 5.56 Å². The Morgan fingerprint density at radius 3 is 2.67 bits per heavy atom. The topological polar surface area (TPSA) is 45.8 Å². The lowest BCUT2D eigenvalue weighted by Crippen LogP contribution is -2.13. The number of benzene rings is 1. The van der Waals surface area contributed by atoms with E-state index in [4.69, 9.17) is 0 Å². The molecule has 1 aliphatic rings. The molecule has 1 heterocycles. The smallest absolute Gasteiger partial charge is 0.251 e. The highest BCUT2D eigenvalue weighted by Gasteiger charge is 2.14. The van der Waals surface area contributed by atoms with E-state index in [9.17, 15) is 4.79 Å². The van der Waals surface area contributed by atoms with E-state index >= 15 is 0 Å². The first-order chi connectivity index (χ1) is 10.3. The molecule has 1 N–H and O–H groups in total. The Labute approximate surface area is 129 Å². The zero-order chi connectivity index (χ0) is 14.5. The molecule has 0 amide bonds. The van der Waals surface area contributed by atoms with Crippen LogP contribution in [-0.2, 0) is 5.75 Å². The maximum absolute atomic E-state index is 11.8. The fourth-order valence-electron chi connectivity index (χ4n) is 2.76. The molecule has 110 valence electrons. The lowest BCUT2D eigenvalue weighted by atomic mass is 10.0. The number of nitrogens with zero attached hydrogens (tertiary/aromatic N) is 1. The molecule has 1 aromatic heterocycles. The summed E-state index contributed by atoms with van der Waals surface area (Å²) < 4.78 is 0. The van der Waals surface area contributed by atoms with E-state index in [0.717, 1.165) is 28.1 Å². The van der Waals surface area contributed by atoms with Crippen LogP contribution in [0.25, 0.3) is 11.3 Å². The summed E-state index contributed by atoms with van der Waals surface area (Å²) in [5.41, 5.74) is 1.69. The summed E-state index contributed by atoms with van der Waals surface area (Å²) in [6, 6.07) is 11.4. The molecule has 0 spiro atoms. The second-order valence-corrected chi connectivity index (χ2v) is 6.80. The summed E-state index contributed by atoms with van der Waals surface area (Å²) >= 11 is 1.93. The molecule has 4 heteroatoms. The van der Waals surface area contributed by atoms with Gasteiger partial charge in [0.05, 0.1) is 11.4 Å². The number of rotatable bonds is 4. The largest absolute Gasteiger partial charge is 0.310 e. The minimum Gasteiger partial charge on any atom is -0.310 e. The van der Waals surface area contributed by atoms with Crippen molar-refractivity contribution < 1.29 is 0 Å². The summed E-state index contributed by atoms with van der Waals surface area (Å²) in [4.78, 5) is 19.3. The van der Waals surface area contributed by atoms with Gasteiger partial charge in [-0.3, -0.25) is 4.79 Å². The molecular weight excluding hydrogens is 280 g/mol. The SMILES string of the molecule is O=c1cc(-c2ccccc2)nc(CSC2CCCCC2)[nH]1. The zero-order valence-electron chi connectivity index (χ0n) is 12.0. The van der Waals surface area contributed by atoms with Crippen LogP contribution in [0.5, 0.6) is 0 Å². The van der Waals surface area contributed by atoms with Gasteiger partial charge in [0.15, 0.2) is 0 Å². The highest BCUT2D eigenvalue weighted by atomic mass is 32.2. The third-order valence-corrected chi connectivity index (χ3v) is 5.25. The summed E-state index contributed by atoms with van der Waals surface area (Å²) in [6.45, 7) is 0. The monoisotopic (exact) mass is 300 g/mol. The molecule has 3 rings (SSSR count). The van der Waals surface area contributed by atoms with Gasteiger partial charge in [-0.05, 0) is 12.8 Å². The minimum atomic E-state index is -0.0666. The van der Waals surface area contributed by atoms with Crippen molar-refractivity contribution >= 4 is 11.8 Å². The van der Waals surface area contributed by atoms with Crippen LogP contribution >= 0.6 is 11.8 Å². The van der Waals surface area contributed by atoms with Gasteiger partial charge in [-0.15, -0.1) is 0 Å². The second kappa shape index (κ2) is 6.94. The lowest BCUT2D eigenvalue weighted by molar-refractivity contribution is 0.516. The van der Waals surface area contributed by atoms with E-state index in [-0.39, 0.29) is 5.56 Å². The van der Waals surface area contributed by atoms with E-state index in [1.54, 1.807) is 6.07 Å². The number of H-pyrrole nitrogens is 1. The van der Waals surface area contributed by atoms with Gasteiger partial charge >= 0.3 is 0 Å². The Morgan fingerprint density at radius 2 is 1.90 bits per heavy atom. The summed E-state index contributed by atoms with van der Waals surface area (Å²) in [6.07, 6.45) is 6.65. The van der Waals surface area contributed by atoms with E-state index in [2.05, 4.69) is 9.97 Å². The van der Waals surface area contributed by atoms with E-state index in [1.165, 1.54) is 32.1 Å². The molecule has 0 aliphatic heterocycles. The highest BCUT2D eigenvalue weighted by Crippen LogP contribution is 2.29. The van der Waals surface area contributed by atoms with Crippen molar-refractivity contribution in [2.75, 3.05) is 0 Å². The van der Waals surface area contributed by atoms with Gasteiger partial charge in [0, 0.05) is 16.9 Å². The van der Waals surface area contributed by atoms with Crippen molar-refractivity contribution in [3.8, 4) is 11.3 Å². The Balaban J connectivity index is 1.73. The molecule has 21 heavy (non-hydrogen) atoms. The molecule has 1 saturated carbocycles. The molecule has 0 radical (unpaired) electrons. The molecular formula is C17H20N2OS. The lowest BCUT2D eigenvalue weighted by Gasteiger charge is -2.20. The van der Waals surface area contributed by atoms with E-state index < -0.39 is 0 Å². The molecule has 0 saturated heterocycles. The van der Waals surface area contributed by atoms with Crippen molar-refractivity contribution in [1.82, 2.24) is 9.97 Å². The van der Waals surface area contributed by atoms with Crippen molar-refractivity contribution in [2.24, 2.45) is 0 Å². The first-order valence-corrected chi connectivity index (χ1v) is 8.63. The number of nitrogens with one attached hydrogen (secondary N) is 1. The molecule has 0 unspecified atom stereocenters. The van der Waals surface area contributed by atoms with Crippen LogP contribution in [-0.4, -0.2) is 15.2 Å². The average molecular weight is 300 g/mol. The van der Waals surface area contributed by atoms with Crippen LogP contribution in [0, 0.1) is 0 Å². The Morgan fingerprint density at radius 1 is 1.14 bits per heavy atom. The maximum Gasteiger partial charge on any atom is 0.251 e. The second-order valence-electron chi connectivity index (χ2n) is 5.51. The van der Waals surface area contributed by atoms with Gasteiger partial charge in [-0.1, -0.05) is 49.6 Å². The minimum absolute atomic E-state index is 0.0666. The van der Waals surface area contributed by atoms with E-state index in [0.29, 0.717) is 0 Å². The van der Waals surface area contributed by atoms with Crippen molar-refractivity contribution in [3.05, 3.63) is 52.6 Å². The third kappa shape index (κ3) is 3.97. The molecule has 1 fully saturated rings. The molecule has 3 nitrogen and oxygen atoms in total. The van der Waals surface area contributed by atoms with Crippen LogP contribution in [0.2, 0.25) is 0 Å². The van der Waals surface area contributed by atoms with Crippen LogP contribution in [0.1, 0.15) is 37.9 Å². The predicted molar refractivity (Wildman–Crippen MR) is 88.5 cm³/mol. The van der Waals surface area contributed by atoms with Crippen LogP contribution in [0.3, 0.4) is 0 Å². The van der Waals surface area contributed by atoms with E-state index in [1.807, 2.05) is 42.1 Å². The Bertz CT molecular complexity index is 633. The zero-order valence-corrected chi connectivity index (χ0v) is 12.9. The average Bonchev–Trinajstić information content (AvgIpc) is 2.54. The van der Waals surface area contributed by atoms with Gasteiger partial charge in [0.25, 0.3) is 5.56 Å².